The highest BCUT2D eigenvalue weighted by molar-refractivity contribution is 7.89. The van der Waals surface area contributed by atoms with Gasteiger partial charge in [0.2, 0.25) is 10.0 Å². The standard InChI is InChI=1S/C15H23FN2O2S/c1-2-17-12-13-7-8-15(14(16)11-13)21(19,20)18-9-5-3-4-6-10-18/h7-8,11,17H,2-6,9-10,12H2,1H3. The quantitative estimate of drug-likeness (QED) is 0.908. The van der Waals surface area contributed by atoms with Gasteiger partial charge >= 0.3 is 0 Å². The maximum absolute atomic E-state index is 14.2. The Kier molecular flexibility index (Phi) is 5.72. The van der Waals surface area contributed by atoms with Crippen LogP contribution in [0.1, 0.15) is 38.2 Å². The third-order valence-electron chi connectivity index (χ3n) is 3.76. The van der Waals surface area contributed by atoms with Crippen molar-refractivity contribution in [3.8, 4) is 0 Å². The first-order chi connectivity index (χ1) is 10.1. The van der Waals surface area contributed by atoms with Gasteiger partial charge in [-0.15, -0.1) is 0 Å². The minimum Gasteiger partial charge on any atom is -0.313 e. The van der Waals surface area contributed by atoms with Gasteiger partial charge in [-0.05, 0) is 37.1 Å². The van der Waals surface area contributed by atoms with Gasteiger partial charge in [0.1, 0.15) is 10.7 Å². The lowest BCUT2D eigenvalue weighted by molar-refractivity contribution is 0.419. The summed E-state index contributed by atoms with van der Waals surface area (Å²) in [5.74, 6) is -0.658. The fourth-order valence-electron chi connectivity index (χ4n) is 2.55. The molecule has 1 aromatic carbocycles. The molecule has 6 heteroatoms. The highest BCUT2D eigenvalue weighted by Gasteiger charge is 2.27. The summed E-state index contributed by atoms with van der Waals surface area (Å²) in [4.78, 5) is -0.204. The summed E-state index contributed by atoms with van der Waals surface area (Å²) in [6.07, 6.45) is 3.77. The molecule has 0 aliphatic carbocycles. The molecule has 4 nitrogen and oxygen atoms in total. The second kappa shape index (κ2) is 7.33. The molecule has 0 unspecified atom stereocenters. The molecule has 1 saturated heterocycles. The van der Waals surface area contributed by atoms with Crippen LogP contribution in [0.25, 0.3) is 0 Å². The first kappa shape index (κ1) is 16.4. The molecule has 1 heterocycles. The number of nitrogens with one attached hydrogen (secondary N) is 1. The topological polar surface area (TPSA) is 49.4 Å². The average Bonchev–Trinajstić information content (AvgIpc) is 2.74. The van der Waals surface area contributed by atoms with Crippen LogP contribution in [0.5, 0.6) is 0 Å². The molecular weight excluding hydrogens is 291 g/mol. The third-order valence-corrected chi connectivity index (χ3v) is 5.69. The summed E-state index contributed by atoms with van der Waals surface area (Å²) >= 11 is 0. The molecule has 0 saturated carbocycles. The molecule has 21 heavy (non-hydrogen) atoms. The summed E-state index contributed by atoms with van der Waals surface area (Å²) in [5, 5.41) is 3.10. The molecule has 1 aliphatic heterocycles. The predicted octanol–water partition coefficient (Wildman–Crippen LogP) is 2.50. The van der Waals surface area contributed by atoms with E-state index >= 15 is 0 Å². The lowest BCUT2D eigenvalue weighted by Crippen LogP contribution is -2.32. The van der Waals surface area contributed by atoms with Gasteiger partial charge < -0.3 is 5.32 Å². The fourth-order valence-corrected chi connectivity index (χ4v) is 4.12. The Morgan fingerprint density at radius 1 is 1.19 bits per heavy atom. The third kappa shape index (κ3) is 4.02. The number of sulfonamides is 1. The van der Waals surface area contributed by atoms with Gasteiger partial charge in [0.05, 0.1) is 0 Å². The largest absolute Gasteiger partial charge is 0.313 e. The molecule has 0 spiro atoms. The second-order valence-electron chi connectivity index (χ2n) is 5.36. The Bertz CT molecular complexity index is 567. The SMILES string of the molecule is CCNCc1ccc(S(=O)(=O)N2CCCCCC2)c(F)c1. The lowest BCUT2D eigenvalue weighted by atomic mass is 10.2. The normalized spacial score (nSPS) is 17.6. The van der Waals surface area contributed by atoms with Crippen LogP contribution in [0.3, 0.4) is 0 Å². The van der Waals surface area contributed by atoms with Crippen LogP contribution in [-0.2, 0) is 16.6 Å². The number of rotatable bonds is 5. The molecule has 1 aliphatic rings. The minimum atomic E-state index is -3.72. The van der Waals surface area contributed by atoms with Gasteiger partial charge in [-0.25, -0.2) is 12.8 Å². The Balaban J connectivity index is 2.22. The number of hydrogen-bond acceptors (Lipinski definition) is 3. The minimum absolute atomic E-state index is 0.204. The molecule has 0 amide bonds. The van der Waals surface area contributed by atoms with Gasteiger partial charge in [-0.2, -0.15) is 4.31 Å². The van der Waals surface area contributed by atoms with Crippen LogP contribution in [0.2, 0.25) is 0 Å². The zero-order valence-electron chi connectivity index (χ0n) is 12.4. The molecule has 1 fully saturated rings. The summed E-state index contributed by atoms with van der Waals surface area (Å²) in [6, 6.07) is 4.38. The van der Waals surface area contributed by atoms with Crippen molar-refractivity contribution < 1.29 is 12.8 Å². The lowest BCUT2D eigenvalue weighted by Gasteiger charge is -2.20. The molecule has 0 bridgehead atoms. The fraction of sp³-hybridized carbons (Fsp3) is 0.600. The van der Waals surface area contributed by atoms with E-state index in [0.29, 0.717) is 19.6 Å². The van der Waals surface area contributed by atoms with Gasteiger partial charge in [-0.3, -0.25) is 0 Å². The summed E-state index contributed by atoms with van der Waals surface area (Å²) in [6.45, 7) is 4.27. The molecular formula is C15H23FN2O2S. The maximum Gasteiger partial charge on any atom is 0.245 e. The van der Waals surface area contributed by atoms with Gasteiger partial charge in [0.25, 0.3) is 0 Å². The van der Waals surface area contributed by atoms with Crippen LogP contribution >= 0.6 is 0 Å². The van der Waals surface area contributed by atoms with Gasteiger partial charge in [0, 0.05) is 19.6 Å². The zero-order chi connectivity index (χ0) is 15.3. The van der Waals surface area contributed by atoms with E-state index in [0.717, 1.165) is 37.8 Å². The van der Waals surface area contributed by atoms with E-state index < -0.39 is 15.8 Å². The van der Waals surface area contributed by atoms with E-state index in [1.54, 1.807) is 6.07 Å². The second-order valence-corrected chi connectivity index (χ2v) is 7.27. The average molecular weight is 314 g/mol. The highest BCUT2D eigenvalue weighted by atomic mass is 32.2. The van der Waals surface area contributed by atoms with Crippen LogP contribution in [0, 0.1) is 5.82 Å². The number of benzene rings is 1. The Morgan fingerprint density at radius 3 is 2.43 bits per heavy atom. The van der Waals surface area contributed by atoms with Crippen molar-refractivity contribution in [2.24, 2.45) is 0 Å². The Hall–Kier alpha value is -0.980. The van der Waals surface area contributed by atoms with Crippen molar-refractivity contribution in [3.05, 3.63) is 29.6 Å². The summed E-state index contributed by atoms with van der Waals surface area (Å²) in [5.41, 5.74) is 0.754. The van der Waals surface area contributed by atoms with Crippen molar-refractivity contribution in [2.75, 3.05) is 19.6 Å². The van der Waals surface area contributed by atoms with E-state index in [2.05, 4.69) is 5.32 Å². The first-order valence-electron chi connectivity index (χ1n) is 7.55. The van der Waals surface area contributed by atoms with Crippen molar-refractivity contribution in [2.45, 2.75) is 44.0 Å². The van der Waals surface area contributed by atoms with E-state index in [-0.39, 0.29) is 4.90 Å². The Labute approximate surface area is 126 Å². The van der Waals surface area contributed by atoms with Crippen molar-refractivity contribution in [1.29, 1.82) is 0 Å². The van der Waals surface area contributed by atoms with Gasteiger partial charge in [0.15, 0.2) is 0 Å². The van der Waals surface area contributed by atoms with Crippen molar-refractivity contribution in [3.63, 3.8) is 0 Å². The van der Waals surface area contributed by atoms with Crippen LogP contribution in [-0.4, -0.2) is 32.4 Å². The molecule has 1 N–H and O–H groups in total. The monoisotopic (exact) mass is 314 g/mol. The summed E-state index contributed by atoms with van der Waals surface area (Å²) < 4.78 is 40.7. The number of hydrogen-bond donors (Lipinski definition) is 1. The van der Waals surface area contributed by atoms with Crippen LogP contribution < -0.4 is 5.32 Å². The van der Waals surface area contributed by atoms with E-state index in [4.69, 9.17) is 0 Å². The van der Waals surface area contributed by atoms with Crippen LogP contribution in [0.4, 0.5) is 4.39 Å². The van der Waals surface area contributed by atoms with E-state index in [1.807, 2.05) is 6.92 Å². The smallest absolute Gasteiger partial charge is 0.245 e. The highest BCUT2D eigenvalue weighted by Crippen LogP contribution is 2.23. The zero-order valence-corrected chi connectivity index (χ0v) is 13.3. The maximum atomic E-state index is 14.2. The molecule has 0 aromatic heterocycles. The molecule has 1 aromatic rings. The predicted molar refractivity (Wildman–Crippen MR) is 81.0 cm³/mol. The number of halogens is 1. The number of nitrogens with zero attached hydrogens (tertiary/aromatic N) is 1. The summed E-state index contributed by atoms with van der Waals surface area (Å²) in [7, 11) is -3.72. The first-order valence-corrected chi connectivity index (χ1v) is 8.99. The van der Waals surface area contributed by atoms with Crippen molar-refractivity contribution >= 4 is 10.0 Å². The van der Waals surface area contributed by atoms with E-state index in [9.17, 15) is 12.8 Å². The Morgan fingerprint density at radius 2 is 1.86 bits per heavy atom. The van der Waals surface area contributed by atoms with Crippen LogP contribution in [0.15, 0.2) is 23.1 Å². The van der Waals surface area contributed by atoms with Crippen molar-refractivity contribution in [1.82, 2.24) is 9.62 Å². The molecule has 2 rings (SSSR count). The van der Waals surface area contributed by atoms with Gasteiger partial charge in [-0.1, -0.05) is 25.8 Å². The molecule has 118 valence electrons. The molecule has 0 atom stereocenters. The molecule has 0 radical (unpaired) electrons. The van der Waals surface area contributed by atoms with E-state index in [1.165, 1.54) is 16.4 Å².